The Morgan fingerprint density at radius 3 is 2.54 bits per heavy atom. The number of aromatic nitrogens is 2. The molecule has 1 atom stereocenters. The van der Waals surface area contributed by atoms with E-state index in [4.69, 9.17) is 0 Å². The molecule has 8 heteroatoms. The van der Waals surface area contributed by atoms with Crippen molar-refractivity contribution in [2.75, 3.05) is 37.6 Å². The zero-order valence-electron chi connectivity index (χ0n) is 21.3. The standard InChI is InChI=1S/C27H39N5O3/c1-4-32-24(16-25(33)29(3)27(32)35)31-13-7-10-23(19-31)26(34)28-17-21-11-14-30(15-12-21)18-22-9-6-5-8-20(22)2/h5-6,8-9,16,21,23H,4,7,10-15,17-19H2,1-3H3,(H,28,34)/t23-/m0/s1. The third kappa shape index (κ3) is 5.86. The van der Waals surface area contributed by atoms with Crippen molar-refractivity contribution in [2.24, 2.45) is 18.9 Å². The average Bonchev–Trinajstić information content (AvgIpc) is 2.88. The van der Waals surface area contributed by atoms with E-state index in [9.17, 15) is 14.4 Å². The molecule has 4 rings (SSSR count). The summed E-state index contributed by atoms with van der Waals surface area (Å²) in [6.45, 7) is 9.67. The van der Waals surface area contributed by atoms with Crippen molar-refractivity contribution in [3.63, 3.8) is 0 Å². The van der Waals surface area contributed by atoms with E-state index in [0.29, 0.717) is 24.8 Å². The first-order chi connectivity index (χ1) is 16.9. The lowest BCUT2D eigenvalue weighted by molar-refractivity contribution is -0.125. The van der Waals surface area contributed by atoms with Crippen molar-refractivity contribution in [3.05, 3.63) is 62.3 Å². The van der Waals surface area contributed by atoms with Crippen molar-refractivity contribution in [3.8, 4) is 0 Å². The van der Waals surface area contributed by atoms with Crippen LogP contribution in [0.4, 0.5) is 5.82 Å². The molecule has 3 heterocycles. The molecule has 190 valence electrons. The molecule has 2 fully saturated rings. The molecule has 2 aromatic rings. The summed E-state index contributed by atoms with van der Waals surface area (Å²) in [6, 6.07) is 10.1. The molecule has 0 radical (unpaired) electrons. The molecular weight excluding hydrogens is 442 g/mol. The minimum absolute atomic E-state index is 0.0891. The fourth-order valence-corrected chi connectivity index (χ4v) is 5.38. The molecule has 1 aromatic heterocycles. The molecule has 1 N–H and O–H groups in total. The molecule has 2 aliphatic rings. The van der Waals surface area contributed by atoms with Gasteiger partial charge in [-0.2, -0.15) is 0 Å². The van der Waals surface area contributed by atoms with Gasteiger partial charge in [0.1, 0.15) is 5.82 Å². The number of hydrogen-bond acceptors (Lipinski definition) is 5. The Hall–Kier alpha value is -2.87. The smallest absolute Gasteiger partial charge is 0.332 e. The van der Waals surface area contributed by atoms with Crippen LogP contribution in [0.15, 0.2) is 39.9 Å². The zero-order chi connectivity index (χ0) is 24.9. The summed E-state index contributed by atoms with van der Waals surface area (Å²) in [5.74, 6) is 1.09. The Kier molecular flexibility index (Phi) is 8.11. The van der Waals surface area contributed by atoms with Crippen LogP contribution in [0.3, 0.4) is 0 Å². The molecule has 0 unspecified atom stereocenters. The van der Waals surface area contributed by atoms with Gasteiger partial charge in [-0.05, 0) is 69.7 Å². The molecule has 2 saturated heterocycles. The highest BCUT2D eigenvalue weighted by Gasteiger charge is 2.29. The number of likely N-dealkylation sites (tertiary alicyclic amines) is 1. The maximum atomic E-state index is 13.0. The summed E-state index contributed by atoms with van der Waals surface area (Å²) in [6.07, 6.45) is 3.89. The van der Waals surface area contributed by atoms with Crippen LogP contribution < -0.4 is 21.5 Å². The Labute approximate surface area is 207 Å². The number of benzene rings is 1. The van der Waals surface area contributed by atoms with Gasteiger partial charge in [-0.1, -0.05) is 24.3 Å². The van der Waals surface area contributed by atoms with Gasteiger partial charge in [-0.25, -0.2) is 4.79 Å². The van der Waals surface area contributed by atoms with Gasteiger partial charge in [0.05, 0.1) is 5.92 Å². The summed E-state index contributed by atoms with van der Waals surface area (Å²) in [5.41, 5.74) is 2.12. The Balaban J connectivity index is 1.28. The second-order valence-electron chi connectivity index (χ2n) is 10.1. The topological polar surface area (TPSA) is 79.6 Å². The summed E-state index contributed by atoms with van der Waals surface area (Å²) in [7, 11) is 1.50. The zero-order valence-corrected chi connectivity index (χ0v) is 21.3. The molecule has 35 heavy (non-hydrogen) atoms. The number of nitrogens with zero attached hydrogens (tertiary/aromatic N) is 4. The quantitative estimate of drug-likeness (QED) is 0.655. The van der Waals surface area contributed by atoms with Crippen molar-refractivity contribution >= 4 is 11.7 Å². The first-order valence-corrected chi connectivity index (χ1v) is 13.0. The second-order valence-corrected chi connectivity index (χ2v) is 10.1. The van der Waals surface area contributed by atoms with Gasteiger partial charge in [-0.3, -0.25) is 23.6 Å². The van der Waals surface area contributed by atoms with E-state index < -0.39 is 0 Å². The number of rotatable bonds is 7. The highest BCUT2D eigenvalue weighted by Crippen LogP contribution is 2.23. The highest BCUT2D eigenvalue weighted by molar-refractivity contribution is 5.79. The molecule has 0 spiro atoms. The number of nitrogens with one attached hydrogen (secondary N) is 1. The van der Waals surface area contributed by atoms with Crippen LogP contribution >= 0.6 is 0 Å². The molecule has 0 saturated carbocycles. The highest BCUT2D eigenvalue weighted by atomic mass is 16.2. The molecule has 0 bridgehead atoms. The van der Waals surface area contributed by atoms with Crippen LogP contribution in [-0.2, 0) is 24.9 Å². The fraction of sp³-hybridized carbons (Fsp3) is 0.593. The summed E-state index contributed by atoms with van der Waals surface area (Å²) in [5, 5.41) is 3.21. The molecular formula is C27H39N5O3. The van der Waals surface area contributed by atoms with E-state index >= 15 is 0 Å². The van der Waals surface area contributed by atoms with E-state index in [-0.39, 0.29) is 23.1 Å². The van der Waals surface area contributed by atoms with Gasteiger partial charge in [0.15, 0.2) is 0 Å². The van der Waals surface area contributed by atoms with Crippen LogP contribution in [0.1, 0.15) is 43.7 Å². The number of hydrogen-bond donors (Lipinski definition) is 1. The first-order valence-electron chi connectivity index (χ1n) is 13.0. The lowest BCUT2D eigenvalue weighted by atomic mass is 9.94. The number of amides is 1. The molecule has 1 aromatic carbocycles. The Bertz CT molecular complexity index is 1150. The number of aryl methyl sites for hydroxylation is 1. The number of piperidine rings is 2. The fourth-order valence-electron chi connectivity index (χ4n) is 5.38. The van der Waals surface area contributed by atoms with Crippen LogP contribution in [-0.4, -0.2) is 52.7 Å². The monoisotopic (exact) mass is 481 g/mol. The maximum absolute atomic E-state index is 13.0. The predicted octanol–water partition coefficient (Wildman–Crippen LogP) is 2.12. The van der Waals surface area contributed by atoms with Crippen LogP contribution in [0.2, 0.25) is 0 Å². The maximum Gasteiger partial charge on any atom is 0.332 e. The van der Waals surface area contributed by atoms with Crippen LogP contribution in [0.25, 0.3) is 0 Å². The molecule has 0 aliphatic carbocycles. The van der Waals surface area contributed by atoms with E-state index in [1.165, 1.54) is 24.2 Å². The average molecular weight is 482 g/mol. The lowest BCUT2D eigenvalue weighted by Gasteiger charge is -2.35. The van der Waals surface area contributed by atoms with Gasteiger partial charge < -0.3 is 10.2 Å². The van der Waals surface area contributed by atoms with Gasteiger partial charge in [0.25, 0.3) is 5.56 Å². The van der Waals surface area contributed by atoms with E-state index in [2.05, 4.69) is 41.4 Å². The van der Waals surface area contributed by atoms with Gasteiger partial charge in [0.2, 0.25) is 5.91 Å². The third-order valence-corrected chi connectivity index (χ3v) is 7.74. The van der Waals surface area contributed by atoms with Crippen molar-refractivity contribution < 1.29 is 4.79 Å². The van der Waals surface area contributed by atoms with E-state index in [1.807, 2.05) is 11.8 Å². The van der Waals surface area contributed by atoms with Gasteiger partial charge in [-0.15, -0.1) is 0 Å². The molecule has 1 amide bonds. The Morgan fingerprint density at radius 1 is 1.09 bits per heavy atom. The summed E-state index contributed by atoms with van der Waals surface area (Å²) in [4.78, 5) is 42.3. The number of carbonyl (C=O) groups is 1. The molecule has 2 aliphatic heterocycles. The second kappa shape index (κ2) is 11.2. The largest absolute Gasteiger partial charge is 0.357 e. The van der Waals surface area contributed by atoms with E-state index in [0.717, 1.165) is 63.0 Å². The first kappa shape index (κ1) is 25.2. The van der Waals surface area contributed by atoms with Crippen molar-refractivity contribution in [2.45, 2.75) is 52.6 Å². The van der Waals surface area contributed by atoms with Gasteiger partial charge >= 0.3 is 5.69 Å². The van der Waals surface area contributed by atoms with Crippen molar-refractivity contribution in [1.29, 1.82) is 0 Å². The third-order valence-electron chi connectivity index (χ3n) is 7.74. The minimum atomic E-state index is -0.310. The van der Waals surface area contributed by atoms with Crippen molar-refractivity contribution in [1.82, 2.24) is 19.4 Å². The minimum Gasteiger partial charge on any atom is -0.357 e. The van der Waals surface area contributed by atoms with E-state index in [1.54, 1.807) is 4.57 Å². The predicted molar refractivity (Wildman–Crippen MR) is 139 cm³/mol. The SMILES string of the molecule is CCn1c(N2CCC[C@H](C(=O)NCC3CCN(Cc4ccccc4C)CC3)C2)cc(=O)n(C)c1=O. The summed E-state index contributed by atoms with van der Waals surface area (Å²) < 4.78 is 2.75. The van der Waals surface area contributed by atoms with Gasteiger partial charge in [0, 0.05) is 45.8 Å². The lowest BCUT2D eigenvalue weighted by Crippen LogP contribution is -2.48. The summed E-state index contributed by atoms with van der Waals surface area (Å²) >= 11 is 0. The van der Waals surface area contributed by atoms with Crippen LogP contribution in [0, 0.1) is 18.8 Å². The molecule has 8 nitrogen and oxygen atoms in total. The normalized spacial score (nSPS) is 19.6. The number of anilines is 1. The van der Waals surface area contributed by atoms with Crippen LogP contribution in [0.5, 0.6) is 0 Å². The number of carbonyl (C=O) groups excluding carboxylic acids is 1. The Morgan fingerprint density at radius 2 is 1.83 bits per heavy atom.